The fourth-order valence-electron chi connectivity index (χ4n) is 2.89. The number of nitrogens with one attached hydrogen (secondary N) is 1. The zero-order chi connectivity index (χ0) is 17.5. The summed E-state index contributed by atoms with van der Waals surface area (Å²) >= 11 is 0. The number of rotatable bonds is 2. The zero-order valence-electron chi connectivity index (χ0n) is 12.3. The second kappa shape index (κ2) is 5.81. The minimum absolute atomic E-state index is 0.225. The average molecular weight is 339 g/mol. The molecule has 2 N–H and O–H groups in total. The molecule has 2 atom stereocenters. The summed E-state index contributed by atoms with van der Waals surface area (Å²) in [7, 11) is 0. The van der Waals surface area contributed by atoms with Crippen molar-refractivity contribution in [2.75, 3.05) is 5.32 Å². The number of carboxylic acid groups (broad SMARTS) is 1. The zero-order valence-corrected chi connectivity index (χ0v) is 12.3. The maximum absolute atomic E-state index is 13.1. The maximum atomic E-state index is 13.1. The number of fused-ring (bicyclic) bond motifs is 1. The molecule has 1 aliphatic heterocycles. The number of alkyl halides is 3. The van der Waals surface area contributed by atoms with Gasteiger partial charge in [-0.2, -0.15) is 13.2 Å². The van der Waals surface area contributed by atoms with Gasteiger partial charge in [0.2, 0.25) is 0 Å². The Morgan fingerprint density at radius 3 is 2.29 bits per heavy atom. The van der Waals surface area contributed by atoms with E-state index in [1.165, 1.54) is 18.2 Å². The highest BCUT2D eigenvalue weighted by Gasteiger charge is 2.49. The van der Waals surface area contributed by atoms with Crippen LogP contribution in [0.15, 0.2) is 42.5 Å². The quantitative estimate of drug-likeness (QED) is 0.810. The van der Waals surface area contributed by atoms with Crippen molar-refractivity contribution in [2.45, 2.75) is 18.6 Å². The highest BCUT2D eigenvalue weighted by atomic mass is 19.4. The van der Waals surface area contributed by atoms with E-state index in [0.29, 0.717) is 16.7 Å². The Labute approximate surface area is 134 Å². The lowest BCUT2D eigenvalue weighted by molar-refractivity contribution is -0.169. The second-order valence-corrected chi connectivity index (χ2v) is 5.69. The fourth-order valence-corrected chi connectivity index (χ4v) is 2.89. The summed E-state index contributed by atoms with van der Waals surface area (Å²) in [5.74, 6) is -3.49. The van der Waals surface area contributed by atoms with Crippen LogP contribution in [0, 0.1) is 11.7 Å². The summed E-state index contributed by atoms with van der Waals surface area (Å²) in [5, 5.41) is 11.4. The number of anilines is 1. The predicted octanol–water partition coefficient (Wildman–Crippen LogP) is 4.09. The van der Waals surface area contributed by atoms with Crippen LogP contribution in [0.25, 0.3) is 11.1 Å². The van der Waals surface area contributed by atoms with Crippen LogP contribution < -0.4 is 5.32 Å². The van der Waals surface area contributed by atoms with Gasteiger partial charge in [-0.1, -0.05) is 18.2 Å². The highest BCUT2D eigenvalue weighted by Crippen LogP contribution is 2.38. The van der Waals surface area contributed by atoms with Crippen LogP contribution in [0.5, 0.6) is 0 Å². The summed E-state index contributed by atoms with van der Waals surface area (Å²) in [5.41, 5.74) is 2.14. The van der Waals surface area contributed by atoms with Gasteiger partial charge >= 0.3 is 12.1 Å². The lowest BCUT2D eigenvalue weighted by Gasteiger charge is -2.33. The fraction of sp³-hybridized carbons (Fsp3) is 0.235. The SMILES string of the molecule is O=C(O)C1Cc2cc(-c3ccc(F)cc3)ccc2NC1C(F)(F)F. The van der Waals surface area contributed by atoms with E-state index in [2.05, 4.69) is 5.32 Å². The molecule has 24 heavy (non-hydrogen) atoms. The number of hydrogen-bond donors (Lipinski definition) is 2. The Morgan fingerprint density at radius 2 is 1.71 bits per heavy atom. The van der Waals surface area contributed by atoms with Gasteiger partial charge in [-0.25, -0.2) is 4.39 Å². The van der Waals surface area contributed by atoms with E-state index in [-0.39, 0.29) is 12.1 Å². The first-order valence-electron chi connectivity index (χ1n) is 7.20. The minimum atomic E-state index is -4.66. The topological polar surface area (TPSA) is 49.3 Å². The molecule has 1 heterocycles. The van der Waals surface area contributed by atoms with E-state index >= 15 is 0 Å². The molecule has 2 aromatic carbocycles. The van der Waals surface area contributed by atoms with Gasteiger partial charge in [0.15, 0.2) is 0 Å². The predicted molar refractivity (Wildman–Crippen MR) is 80.1 cm³/mol. The van der Waals surface area contributed by atoms with Gasteiger partial charge in [0.05, 0.1) is 5.92 Å². The summed E-state index contributed by atoms with van der Waals surface area (Å²) < 4.78 is 52.2. The second-order valence-electron chi connectivity index (χ2n) is 5.69. The van der Waals surface area contributed by atoms with Crippen molar-refractivity contribution in [3.63, 3.8) is 0 Å². The summed E-state index contributed by atoms with van der Waals surface area (Å²) in [6.45, 7) is 0. The molecule has 0 fully saturated rings. The van der Waals surface area contributed by atoms with Crippen LogP contribution in [0.1, 0.15) is 5.56 Å². The standard InChI is InChI=1S/C17H13F4NO2/c18-12-4-1-9(2-5-12)10-3-6-14-11(7-10)8-13(16(23)24)15(22-14)17(19,20)21/h1-7,13,15,22H,8H2,(H,23,24). The van der Waals surface area contributed by atoms with Crippen molar-refractivity contribution < 1.29 is 27.5 Å². The monoisotopic (exact) mass is 339 g/mol. The van der Waals surface area contributed by atoms with Crippen LogP contribution in [-0.2, 0) is 11.2 Å². The molecule has 0 spiro atoms. The first-order chi connectivity index (χ1) is 11.3. The van der Waals surface area contributed by atoms with Crippen LogP contribution >= 0.6 is 0 Å². The number of halogens is 4. The Bertz CT molecular complexity index is 771. The Balaban J connectivity index is 1.98. The van der Waals surface area contributed by atoms with E-state index in [1.54, 1.807) is 24.3 Å². The third kappa shape index (κ3) is 3.06. The molecule has 2 aromatic rings. The van der Waals surface area contributed by atoms with Gasteiger partial charge in [0.25, 0.3) is 0 Å². The summed E-state index contributed by atoms with van der Waals surface area (Å²) in [4.78, 5) is 11.2. The van der Waals surface area contributed by atoms with Crippen LogP contribution in [0.2, 0.25) is 0 Å². The lowest BCUT2D eigenvalue weighted by Crippen LogP contribution is -2.49. The van der Waals surface area contributed by atoms with Crippen molar-refractivity contribution in [3.05, 3.63) is 53.8 Å². The maximum Gasteiger partial charge on any atom is 0.409 e. The average Bonchev–Trinajstić information content (AvgIpc) is 2.53. The highest BCUT2D eigenvalue weighted by molar-refractivity contribution is 5.76. The van der Waals surface area contributed by atoms with Gasteiger partial charge in [-0.15, -0.1) is 0 Å². The summed E-state index contributed by atoms with van der Waals surface area (Å²) in [6, 6.07) is 8.30. The molecule has 0 saturated heterocycles. The summed E-state index contributed by atoms with van der Waals surface area (Å²) in [6.07, 6.45) is -4.88. The van der Waals surface area contributed by atoms with E-state index in [0.717, 1.165) is 0 Å². The molecule has 0 saturated carbocycles. The largest absolute Gasteiger partial charge is 0.481 e. The molecule has 3 rings (SSSR count). The molecular weight excluding hydrogens is 326 g/mol. The van der Waals surface area contributed by atoms with Crippen LogP contribution in [-0.4, -0.2) is 23.3 Å². The van der Waals surface area contributed by atoms with Crippen LogP contribution in [0.4, 0.5) is 23.2 Å². The Morgan fingerprint density at radius 1 is 1.08 bits per heavy atom. The van der Waals surface area contributed by atoms with Gasteiger partial charge in [-0.05, 0) is 47.4 Å². The number of aliphatic carboxylic acids is 1. The Kier molecular flexibility index (Phi) is 3.95. The molecule has 0 radical (unpaired) electrons. The van der Waals surface area contributed by atoms with Crippen molar-refractivity contribution in [1.29, 1.82) is 0 Å². The van der Waals surface area contributed by atoms with E-state index in [1.807, 2.05) is 0 Å². The molecule has 3 nitrogen and oxygen atoms in total. The molecule has 1 aliphatic rings. The lowest BCUT2D eigenvalue weighted by atomic mass is 9.85. The molecule has 0 amide bonds. The molecule has 2 unspecified atom stereocenters. The van der Waals surface area contributed by atoms with Crippen molar-refractivity contribution in [2.24, 2.45) is 5.92 Å². The van der Waals surface area contributed by atoms with E-state index in [9.17, 15) is 22.4 Å². The van der Waals surface area contributed by atoms with Gasteiger partial charge < -0.3 is 10.4 Å². The third-order valence-electron chi connectivity index (χ3n) is 4.11. The number of carboxylic acids is 1. The molecule has 0 bridgehead atoms. The minimum Gasteiger partial charge on any atom is -0.481 e. The molecule has 0 aliphatic carbocycles. The van der Waals surface area contributed by atoms with E-state index < -0.39 is 29.9 Å². The first-order valence-corrected chi connectivity index (χ1v) is 7.20. The van der Waals surface area contributed by atoms with E-state index in [4.69, 9.17) is 5.11 Å². The van der Waals surface area contributed by atoms with Crippen molar-refractivity contribution in [1.82, 2.24) is 0 Å². The molecule has 7 heteroatoms. The molecule has 0 aromatic heterocycles. The number of carbonyl (C=O) groups is 1. The first kappa shape index (κ1) is 16.3. The van der Waals surface area contributed by atoms with Gasteiger partial charge in [0, 0.05) is 5.69 Å². The van der Waals surface area contributed by atoms with Gasteiger partial charge in [-0.3, -0.25) is 4.79 Å². The van der Waals surface area contributed by atoms with Crippen molar-refractivity contribution >= 4 is 11.7 Å². The normalized spacial score (nSPS) is 20.2. The third-order valence-corrected chi connectivity index (χ3v) is 4.11. The van der Waals surface area contributed by atoms with Gasteiger partial charge in [0.1, 0.15) is 11.9 Å². The molecule has 126 valence electrons. The smallest absolute Gasteiger partial charge is 0.409 e. The van der Waals surface area contributed by atoms with Crippen LogP contribution in [0.3, 0.4) is 0 Å². The number of benzene rings is 2. The van der Waals surface area contributed by atoms with Crippen molar-refractivity contribution in [3.8, 4) is 11.1 Å². The molecular formula is C17H13F4NO2. The Hall–Kier alpha value is -2.57. The number of hydrogen-bond acceptors (Lipinski definition) is 2.